The van der Waals surface area contributed by atoms with Crippen molar-refractivity contribution >= 4 is 92.9 Å². The van der Waals surface area contributed by atoms with Crippen LogP contribution in [-0.4, -0.2) is 0 Å². The number of nitrogens with zero attached hydrogens (tertiary/aromatic N) is 1. The topological polar surface area (TPSA) is 16.4 Å². The second-order valence-electron chi connectivity index (χ2n) is 15.9. The molecule has 0 N–H and O–H groups in total. The Balaban J connectivity index is 1.29. The molecule has 0 fully saturated rings. The molecule has 2 heteroatoms. The Hall–Kier alpha value is -8.20. The zero-order chi connectivity index (χ0) is 41.0. The maximum atomic E-state index is 6.93. The molecule has 0 spiro atoms. The number of hydrogen-bond donors (Lipinski definition) is 0. The molecule has 12 aromatic rings. The molecule has 0 aliphatic carbocycles. The van der Waals surface area contributed by atoms with Crippen molar-refractivity contribution in [1.29, 1.82) is 0 Å². The molecule has 0 amide bonds. The van der Waals surface area contributed by atoms with E-state index in [0.717, 1.165) is 88.2 Å². The van der Waals surface area contributed by atoms with Gasteiger partial charge in [-0.2, -0.15) is 0 Å². The minimum Gasteiger partial charge on any atom is -0.455 e. The Kier molecular flexibility index (Phi) is 8.53. The third-order valence-electron chi connectivity index (χ3n) is 12.5. The van der Waals surface area contributed by atoms with Gasteiger partial charge in [0.2, 0.25) is 0 Å². The molecule has 0 bridgehead atoms. The fourth-order valence-corrected chi connectivity index (χ4v) is 9.72. The summed E-state index contributed by atoms with van der Waals surface area (Å²) in [5.41, 5.74) is 9.66. The molecule has 1 aromatic heterocycles. The maximum Gasteiger partial charge on any atom is 0.143 e. The summed E-state index contributed by atoms with van der Waals surface area (Å²) in [5.74, 6) is 0. The molecule has 2 nitrogen and oxygen atoms in total. The zero-order valence-electron chi connectivity index (χ0n) is 33.9. The fourth-order valence-electron chi connectivity index (χ4n) is 9.72. The molecule has 12 rings (SSSR count). The Bertz CT molecular complexity index is 3670. The summed E-state index contributed by atoms with van der Waals surface area (Å²) in [6.45, 7) is 0. The molecule has 0 aliphatic heterocycles. The fraction of sp³-hybridized carbons (Fsp3) is 0. The van der Waals surface area contributed by atoms with E-state index in [9.17, 15) is 0 Å². The minimum atomic E-state index is 0.886. The van der Waals surface area contributed by atoms with Crippen LogP contribution in [0.3, 0.4) is 0 Å². The summed E-state index contributed by atoms with van der Waals surface area (Å²) < 4.78 is 6.93. The summed E-state index contributed by atoms with van der Waals surface area (Å²) in [6.07, 6.45) is 0. The van der Waals surface area contributed by atoms with E-state index in [1.807, 2.05) is 0 Å². The van der Waals surface area contributed by atoms with Gasteiger partial charge in [0.25, 0.3) is 0 Å². The number of para-hydroxylation sites is 3. The van der Waals surface area contributed by atoms with E-state index >= 15 is 0 Å². The normalized spacial score (nSPS) is 11.5. The van der Waals surface area contributed by atoms with Crippen LogP contribution in [0, 0.1) is 0 Å². The number of rotatable bonds is 5. The van der Waals surface area contributed by atoms with Crippen molar-refractivity contribution in [2.75, 3.05) is 4.90 Å². The predicted molar refractivity (Wildman–Crippen MR) is 264 cm³/mol. The van der Waals surface area contributed by atoms with Crippen LogP contribution in [0.2, 0.25) is 0 Å². The molecule has 0 aliphatic rings. The van der Waals surface area contributed by atoms with Crippen LogP contribution in [0.1, 0.15) is 0 Å². The number of anilines is 3. The molecule has 0 radical (unpaired) electrons. The Labute approximate surface area is 359 Å². The number of fused-ring (bicyclic) bond motifs is 14. The number of furan rings is 1. The molecule has 0 unspecified atom stereocenters. The molecule has 11 aromatic carbocycles. The quantitative estimate of drug-likeness (QED) is 0.173. The van der Waals surface area contributed by atoms with E-state index in [2.05, 4.69) is 241 Å². The van der Waals surface area contributed by atoms with Crippen molar-refractivity contribution in [3.63, 3.8) is 0 Å². The van der Waals surface area contributed by atoms with Crippen molar-refractivity contribution in [1.82, 2.24) is 0 Å². The molecule has 0 saturated heterocycles. The molecule has 0 atom stereocenters. The van der Waals surface area contributed by atoms with Gasteiger partial charge < -0.3 is 9.32 Å². The van der Waals surface area contributed by atoms with Crippen molar-refractivity contribution < 1.29 is 4.42 Å². The molecular formula is C60H39NO. The van der Waals surface area contributed by atoms with Crippen LogP contribution >= 0.6 is 0 Å². The van der Waals surface area contributed by atoms with Crippen LogP contribution in [0.4, 0.5) is 17.1 Å². The Morgan fingerprint density at radius 1 is 0.274 bits per heavy atom. The largest absolute Gasteiger partial charge is 0.455 e. The average Bonchev–Trinajstić information content (AvgIpc) is 3.73. The highest BCUT2D eigenvalue weighted by Crippen LogP contribution is 2.47. The van der Waals surface area contributed by atoms with Crippen LogP contribution in [0.5, 0.6) is 0 Å². The van der Waals surface area contributed by atoms with E-state index < -0.39 is 0 Å². The third kappa shape index (κ3) is 5.80. The van der Waals surface area contributed by atoms with Crippen molar-refractivity contribution in [2.24, 2.45) is 0 Å². The lowest BCUT2D eigenvalue weighted by Gasteiger charge is -2.30. The number of benzene rings is 10. The second-order valence-corrected chi connectivity index (χ2v) is 15.9. The first kappa shape index (κ1) is 35.7. The van der Waals surface area contributed by atoms with Crippen LogP contribution < -0.4 is 4.90 Å². The summed E-state index contributed by atoms with van der Waals surface area (Å²) in [4.78, 5) is 2.46. The van der Waals surface area contributed by atoms with Gasteiger partial charge in [0.05, 0.1) is 11.4 Å². The van der Waals surface area contributed by atoms with E-state index in [4.69, 9.17) is 4.42 Å². The molecule has 290 valence electrons. The van der Waals surface area contributed by atoms with Gasteiger partial charge >= 0.3 is 0 Å². The van der Waals surface area contributed by atoms with Gasteiger partial charge in [0.15, 0.2) is 0 Å². The van der Waals surface area contributed by atoms with E-state index in [1.165, 1.54) is 26.9 Å². The lowest BCUT2D eigenvalue weighted by Crippen LogP contribution is -2.12. The SMILES string of the molecule is c1ccc(-c2ccccc2N(c2ccc3c(c2)c2ccccc2c2ccccc2c2ccccc2c2c3ccc3c4ccccc4oc32)c2ccccc2-c2ccccc2)cc1. The van der Waals surface area contributed by atoms with Gasteiger partial charge in [0, 0.05) is 33.0 Å². The van der Waals surface area contributed by atoms with Crippen molar-refractivity contribution in [2.45, 2.75) is 0 Å². The summed E-state index contributed by atoms with van der Waals surface area (Å²) in [6, 6.07) is 85.7. The zero-order valence-corrected chi connectivity index (χ0v) is 33.9. The molecule has 1 heterocycles. The van der Waals surface area contributed by atoms with E-state index in [0.29, 0.717) is 0 Å². The van der Waals surface area contributed by atoms with E-state index in [-0.39, 0.29) is 0 Å². The third-order valence-corrected chi connectivity index (χ3v) is 12.5. The summed E-state index contributed by atoms with van der Waals surface area (Å²) in [5, 5.41) is 13.8. The molecular weight excluding hydrogens is 751 g/mol. The maximum absolute atomic E-state index is 6.93. The highest BCUT2D eigenvalue weighted by atomic mass is 16.3. The monoisotopic (exact) mass is 789 g/mol. The van der Waals surface area contributed by atoms with Gasteiger partial charge in [-0.3, -0.25) is 0 Å². The number of hydrogen-bond acceptors (Lipinski definition) is 2. The first-order valence-electron chi connectivity index (χ1n) is 21.3. The first-order valence-corrected chi connectivity index (χ1v) is 21.3. The summed E-state index contributed by atoms with van der Waals surface area (Å²) >= 11 is 0. The summed E-state index contributed by atoms with van der Waals surface area (Å²) in [7, 11) is 0. The van der Waals surface area contributed by atoms with Crippen LogP contribution in [-0.2, 0) is 0 Å². The second kappa shape index (κ2) is 14.8. The molecule has 0 saturated carbocycles. The predicted octanol–water partition coefficient (Wildman–Crippen LogP) is 17.3. The van der Waals surface area contributed by atoms with Gasteiger partial charge in [-0.05, 0) is 96.0 Å². The minimum absolute atomic E-state index is 0.886. The average molecular weight is 790 g/mol. The lowest BCUT2D eigenvalue weighted by molar-refractivity contribution is 0.673. The Morgan fingerprint density at radius 2 is 0.661 bits per heavy atom. The van der Waals surface area contributed by atoms with Gasteiger partial charge in [-0.25, -0.2) is 0 Å². The van der Waals surface area contributed by atoms with Gasteiger partial charge in [-0.15, -0.1) is 0 Å². The van der Waals surface area contributed by atoms with Crippen molar-refractivity contribution in [3.8, 4) is 22.3 Å². The highest BCUT2D eigenvalue weighted by Gasteiger charge is 2.22. The van der Waals surface area contributed by atoms with Gasteiger partial charge in [-0.1, -0.05) is 200 Å². The lowest BCUT2D eigenvalue weighted by atomic mass is 9.93. The van der Waals surface area contributed by atoms with Crippen LogP contribution in [0.25, 0.3) is 98.1 Å². The van der Waals surface area contributed by atoms with E-state index in [1.54, 1.807) is 0 Å². The van der Waals surface area contributed by atoms with Crippen LogP contribution in [0.15, 0.2) is 241 Å². The Morgan fingerprint density at radius 3 is 1.24 bits per heavy atom. The highest BCUT2D eigenvalue weighted by molar-refractivity contribution is 6.31. The van der Waals surface area contributed by atoms with Gasteiger partial charge in [0.1, 0.15) is 11.2 Å². The first-order chi connectivity index (χ1) is 30.8. The van der Waals surface area contributed by atoms with Crippen molar-refractivity contribution in [3.05, 3.63) is 237 Å². The molecule has 62 heavy (non-hydrogen) atoms. The standard InChI is InChI=1S/C60H39NO/c1-3-19-40(20-4-1)43-23-13-16-32-56(43)61(57-33-17-14-24-44(57)41-21-5-2-6-22-41)42-35-36-50-53-37-38-54-51-30-15-18-34-58(51)62-60(54)59(53)52-31-12-11-28-48(52)46-26-8-7-25-45(46)47-27-9-10-29-49(47)55(50)39-42/h1-39H. The smallest absolute Gasteiger partial charge is 0.143 e.